The number of rotatable bonds is 1. The molecule has 0 unspecified atom stereocenters. The van der Waals surface area contributed by atoms with Gasteiger partial charge in [0.25, 0.3) is 0 Å². The Morgan fingerprint density at radius 3 is 2.40 bits per heavy atom. The minimum atomic E-state index is -0.243. The van der Waals surface area contributed by atoms with Crippen LogP contribution in [0.4, 0.5) is 4.39 Å². The molecule has 0 spiro atoms. The van der Waals surface area contributed by atoms with Gasteiger partial charge in [-0.1, -0.05) is 48.4 Å². The van der Waals surface area contributed by atoms with Crippen LogP contribution in [0.1, 0.15) is 11.1 Å². The third-order valence-electron chi connectivity index (χ3n) is 3.52. The van der Waals surface area contributed by atoms with Crippen LogP contribution in [0.2, 0.25) is 0 Å². The standard InChI is InChI=1S/C19H13F/c1-3-17-13(2)12-15-6-4-5-7-18(15)19(17)14-8-10-16(20)11-9-14/h1,4-12H,2H3. The molecule has 3 rings (SSSR count). The second-order valence-electron chi connectivity index (χ2n) is 4.82. The maximum absolute atomic E-state index is 13.1. The minimum Gasteiger partial charge on any atom is -0.207 e. The Morgan fingerprint density at radius 1 is 1.00 bits per heavy atom. The van der Waals surface area contributed by atoms with Crippen molar-refractivity contribution in [3.05, 3.63) is 71.5 Å². The molecule has 20 heavy (non-hydrogen) atoms. The molecule has 0 saturated carbocycles. The number of hydrogen-bond donors (Lipinski definition) is 0. The fraction of sp³-hybridized carbons (Fsp3) is 0.0526. The molecule has 3 aromatic carbocycles. The number of benzene rings is 3. The predicted octanol–water partition coefficient (Wildman–Crippen LogP) is 4.94. The summed E-state index contributed by atoms with van der Waals surface area (Å²) >= 11 is 0. The third-order valence-corrected chi connectivity index (χ3v) is 3.52. The van der Waals surface area contributed by atoms with E-state index in [1.165, 1.54) is 12.1 Å². The quantitative estimate of drug-likeness (QED) is 0.544. The van der Waals surface area contributed by atoms with Crippen molar-refractivity contribution in [2.24, 2.45) is 0 Å². The molecule has 3 aromatic rings. The zero-order valence-electron chi connectivity index (χ0n) is 11.2. The largest absolute Gasteiger partial charge is 0.207 e. The van der Waals surface area contributed by atoms with Crippen molar-refractivity contribution in [1.82, 2.24) is 0 Å². The summed E-state index contributed by atoms with van der Waals surface area (Å²) in [6.45, 7) is 2.01. The van der Waals surface area contributed by atoms with Crippen molar-refractivity contribution in [2.75, 3.05) is 0 Å². The average Bonchev–Trinajstić information content (AvgIpc) is 2.47. The van der Waals surface area contributed by atoms with E-state index in [2.05, 4.69) is 18.1 Å². The van der Waals surface area contributed by atoms with Crippen molar-refractivity contribution in [2.45, 2.75) is 6.92 Å². The molecular weight excluding hydrogens is 247 g/mol. The molecule has 0 atom stereocenters. The predicted molar refractivity (Wildman–Crippen MR) is 82.0 cm³/mol. The smallest absolute Gasteiger partial charge is 0.123 e. The van der Waals surface area contributed by atoms with E-state index in [9.17, 15) is 4.39 Å². The first-order chi connectivity index (χ1) is 9.70. The van der Waals surface area contributed by atoms with E-state index in [4.69, 9.17) is 6.42 Å². The Morgan fingerprint density at radius 2 is 1.70 bits per heavy atom. The molecule has 0 heterocycles. The number of aryl methyl sites for hydroxylation is 1. The van der Waals surface area contributed by atoms with Gasteiger partial charge in [0.1, 0.15) is 5.82 Å². The molecule has 0 fully saturated rings. The molecule has 0 saturated heterocycles. The molecule has 0 N–H and O–H groups in total. The molecule has 0 radical (unpaired) electrons. The molecule has 0 nitrogen and oxygen atoms in total. The van der Waals surface area contributed by atoms with Crippen molar-refractivity contribution < 1.29 is 4.39 Å². The van der Waals surface area contributed by atoms with Crippen LogP contribution >= 0.6 is 0 Å². The first-order valence-electron chi connectivity index (χ1n) is 6.45. The highest BCUT2D eigenvalue weighted by Gasteiger charge is 2.11. The molecule has 0 bridgehead atoms. The van der Waals surface area contributed by atoms with Gasteiger partial charge in [-0.25, -0.2) is 4.39 Å². The Balaban J connectivity index is 2.43. The van der Waals surface area contributed by atoms with Crippen LogP contribution in [0.5, 0.6) is 0 Å². The van der Waals surface area contributed by atoms with Gasteiger partial charge in [0, 0.05) is 11.1 Å². The second kappa shape index (κ2) is 4.83. The van der Waals surface area contributed by atoms with Gasteiger partial charge in [-0.05, 0) is 41.0 Å². The molecule has 0 amide bonds. The molecule has 0 aliphatic heterocycles. The second-order valence-corrected chi connectivity index (χ2v) is 4.82. The minimum absolute atomic E-state index is 0.243. The lowest BCUT2D eigenvalue weighted by molar-refractivity contribution is 0.628. The van der Waals surface area contributed by atoms with E-state index in [1.807, 2.05) is 25.1 Å². The van der Waals surface area contributed by atoms with E-state index in [0.717, 1.165) is 33.0 Å². The van der Waals surface area contributed by atoms with Crippen LogP contribution < -0.4 is 0 Å². The third kappa shape index (κ3) is 1.96. The zero-order chi connectivity index (χ0) is 14.1. The van der Waals surface area contributed by atoms with Gasteiger partial charge in [0.2, 0.25) is 0 Å². The average molecular weight is 260 g/mol. The van der Waals surface area contributed by atoms with E-state index in [1.54, 1.807) is 12.1 Å². The van der Waals surface area contributed by atoms with Crippen LogP contribution in [0, 0.1) is 25.1 Å². The zero-order valence-corrected chi connectivity index (χ0v) is 11.2. The van der Waals surface area contributed by atoms with Crippen LogP contribution in [-0.2, 0) is 0 Å². The Bertz CT molecular complexity index is 821. The first kappa shape index (κ1) is 12.4. The van der Waals surface area contributed by atoms with Gasteiger partial charge in [0.15, 0.2) is 0 Å². The summed E-state index contributed by atoms with van der Waals surface area (Å²) in [6, 6.07) is 16.7. The fourth-order valence-corrected chi connectivity index (χ4v) is 2.59. The van der Waals surface area contributed by atoms with Gasteiger partial charge in [-0.2, -0.15) is 0 Å². The summed E-state index contributed by atoms with van der Waals surface area (Å²) in [5, 5.41) is 2.24. The first-order valence-corrected chi connectivity index (χ1v) is 6.45. The highest BCUT2D eigenvalue weighted by molar-refractivity contribution is 6.00. The Kier molecular flexibility index (Phi) is 3.00. The monoisotopic (exact) mass is 260 g/mol. The molecule has 0 aliphatic carbocycles. The topological polar surface area (TPSA) is 0 Å². The van der Waals surface area contributed by atoms with E-state index in [-0.39, 0.29) is 5.82 Å². The lowest BCUT2D eigenvalue weighted by Gasteiger charge is -2.13. The summed E-state index contributed by atoms with van der Waals surface area (Å²) in [6.07, 6.45) is 5.69. The van der Waals surface area contributed by atoms with Gasteiger partial charge < -0.3 is 0 Å². The maximum Gasteiger partial charge on any atom is 0.123 e. The summed E-state index contributed by atoms with van der Waals surface area (Å²) in [5.41, 5.74) is 3.88. The van der Waals surface area contributed by atoms with Crippen LogP contribution in [0.15, 0.2) is 54.6 Å². The Hall–Kier alpha value is -2.59. The van der Waals surface area contributed by atoms with Gasteiger partial charge in [-0.3, -0.25) is 0 Å². The number of hydrogen-bond acceptors (Lipinski definition) is 0. The summed E-state index contributed by atoms with van der Waals surface area (Å²) in [5.74, 6) is 2.53. The molecule has 1 heteroatoms. The van der Waals surface area contributed by atoms with Crippen molar-refractivity contribution in [3.8, 4) is 23.5 Å². The maximum atomic E-state index is 13.1. The summed E-state index contributed by atoms with van der Waals surface area (Å²) in [4.78, 5) is 0. The number of fused-ring (bicyclic) bond motifs is 1. The van der Waals surface area contributed by atoms with Gasteiger partial charge >= 0.3 is 0 Å². The molecule has 0 aliphatic rings. The van der Waals surface area contributed by atoms with E-state index < -0.39 is 0 Å². The lowest BCUT2D eigenvalue weighted by Crippen LogP contribution is -1.91. The highest BCUT2D eigenvalue weighted by atomic mass is 19.1. The fourth-order valence-electron chi connectivity index (χ4n) is 2.59. The van der Waals surface area contributed by atoms with Gasteiger partial charge in [0.05, 0.1) is 0 Å². The lowest BCUT2D eigenvalue weighted by atomic mass is 9.90. The number of terminal acetylenes is 1. The van der Waals surface area contributed by atoms with E-state index in [0.29, 0.717) is 0 Å². The normalized spacial score (nSPS) is 10.4. The molecule has 96 valence electrons. The Labute approximate surface area is 117 Å². The summed E-state index contributed by atoms with van der Waals surface area (Å²) < 4.78 is 13.1. The van der Waals surface area contributed by atoms with Crippen LogP contribution in [0.25, 0.3) is 21.9 Å². The van der Waals surface area contributed by atoms with Crippen LogP contribution in [-0.4, -0.2) is 0 Å². The van der Waals surface area contributed by atoms with Crippen molar-refractivity contribution in [1.29, 1.82) is 0 Å². The molecular formula is C19H13F. The van der Waals surface area contributed by atoms with Crippen molar-refractivity contribution in [3.63, 3.8) is 0 Å². The highest BCUT2D eigenvalue weighted by Crippen LogP contribution is 2.34. The number of halogens is 1. The van der Waals surface area contributed by atoms with Crippen LogP contribution in [0.3, 0.4) is 0 Å². The SMILES string of the molecule is C#Cc1c(C)cc2ccccc2c1-c1ccc(F)cc1. The van der Waals surface area contributed by atoms with Gasteiger partial charge in [-0.15, -0.1) is 6.42 Å². The van der Waals surface area contributed by atoms with E-state index >= 15 is 0 Å². The summed E-state index contributed by atoms with van der Waals surface area (Å²) in [7, 11) is 0. The molecule has 0 aromatic heterocycles. The van der Waals surface area contributed by atoms with Crippen molar-refractivity contribution >= 4 is 10.8 Å².